The fourth-order valence-electron chi connectivity index (χ4n) is 4.70. The maximum absolute atomic E-state index is 13.5. The van der Waals surface area contributed by atoms with Gasteiger partial charge in [0.2, 0.25) is 5.78 Å². The quantitative estimate of drug-likeness (QED) is 0.321. The zero-order chi connectivity index (χ0) is 30.2. The maximum atomic E-state index is 13.5. The van der Waals surface area contributed by atoms with Crippen molar-refractivity contribution in [2.45, 2.75) is 109 Å². The van der Waals surface area contributed by atoms with Gasteiger partial charge in [-0.1, -0.05) is 41.5 Å². The Kier molecular flexibility index (Phi) is 7.68. The summed E-state index contributed by atoms with van der Waals surface area (Å²) in [6.07, 6.45) is -0.254. The third-order valence-electron chi connectivity index (χ3n) is 9.20. The maximum Gasteiger partial charge on any atom is 0.287 e. The molecule has 4 atom stereocenters. The van der Waals surface area contributed by atoms with Gasteiger partial charge in [0.25, 0.3) is 5.56 Å². The number of carbonyl (C=O) groups excluding carboxylic acids is 1. The molecule has 0 spiro atoms. The lowest BCUT2D eigenvalue weighted by molar-refractivity contribution is -0.0492. The number of fused-ring (bicyclic) bond motifs is 2. The van der Waals surface area contributed by atoms with Gasteiger partial charge in [0.05, 0.1) is 18.6 Å². The third kappa shape index (κ3) is 4.83. The van der Waals surface area contributed by atoms with E-state index in [2.05, 4.69) is 77.7 Å². The van der Waals surface area contributed by atoms with Crippen LogP contribution in [0.3, 0.4) is 0 Å². The molecule has 0 bridgehead atoms. The first kappa shape index (κ1) is 30.8. The van der Waals surface area contributed by atoms with Gasteiger partial charge >= 0.3 is 0 Å². The Bertz CT molecular complexity index is 1490. The van der Waals surface area contributed by atoms with Gasteiger partial charge in [-0.3, -0.25) is 18.7 Å². The number of aliphatic hydroxyl groups is 1. The standard InChI is InChI=1S/C27H45N5O6Si2/c1-16-17(13-33)32-23(35)19-22(30(8)25(32)29-16)31(15-28-19)24-21(38-40(11,12)27(5,6)7)20(18(14-34)36-24)37-39(9,10)26(2,3)4/h13,15,18,20-21,24,34H,14H2,1-12H3/t18-,20-,21-,24-/m1/s1. The van der Waals surface area contributed by atoms with Gasteiger partial charge in [0.15, 0.2) is 40.3 Å². The summed E-state index contributed by atoms with van der Waals surface area (Å²) in [7, 11) is -2.88. The summed E-state index contributed by atoms with van der Waals surface area (Å²) in [5, 5.41) is 10.3. The molecule has 0 unspecified atom stereocenters. The number of aliphatic hydroxyl groups excluding tert-OH is 1. The minimum absolute atomic E-state index is 0.0708. The summed E-state index contributed by atoms with van der Waals surface area (Å²) in [6, 6.07) is 0. The third-order valence-corrected chi connectivity index (χ3v) is 18.1. The van der Waals surface area contributed by atoms with Crippen molar-refractivity contribution in [3.05, 3.63) is 28.1 Å². The van der Waals surface area contributed by atoms with Crippen LogP contribution >= 0.6 is 0 Å². The molecule has 0 amide bonds. The lowest BCUT2D eigenvalue weighted by Gasteiger charge is -2.44. The molecule has 1 aliphatic heterocycles. The molecular weight excluding hydrogens is 546 g/mol. The monoisotopic (exact) mass is 591 g/mol. The van der Waals surface area contributed by atoms with Crippen molar-refractivity contribution in [1.82, 2.24) is 23.5 Å². The molecule has 1 fully saturated rings. The van der Waals surface area contributed by atoms with Crippen LogP contribution in [0.15, 0.2) is 11.1 Å². The number of hydrogen-bond donors (Lipinski definition) is 1. The number of rotatable bonds is 7. The van der Waals surface area contributed by atoms with E-state index in [4.69, 9.17) is 13.6 Å². The van der Waals surface area contributed by atoms with Gasteiger partial charge in [0.1, 0.15) is 24.0 Å². The van der Waals surface area contributed by atoms with Crippen molar-refractivity contribution in [2.24, 2.45) is 7.05 Å². The van der Waals surface area contributed by atoms with E-state index in [1.165, 1.54) is 4.40 Å². The number of carbonyl (C=O) groups is 1. The Morgan fingerprint density at radius 1 is 1.05 bits per heavy atom. The van der Waals surface area contributed by atoms with Gasteiger partial charge in [-0.25, -0.2) is 14.4 Å². The molecule has 3 aromatic heterocycles. The highest BCUT2D eigenvalue weighted by Gasteiger charge is 2.54. The van der Waals surface area contributed by atoms with E-state index in [-0.39, 0.29) is 27.9 Å². The molecular formula is C27H45N5O6Si2. The molecule has 11 nitrogen and oxygen atoms in total. The molecule has 1 saturated heterocycles. The highest BCUT2D eigenvalue weighted by atomic mass is 28.4. The summed E-state index contributed by atoms with van der Waals surface area (Å²) in [5.41, 5.74) is 0.892. The second-order valence-corrected chi connectivity index (χ2v) is 23.5. The van der Waals surface area contributed by atoms with Gasteiger partial charge in [0, 0.05) is 7.05 Å². The van der Waals surface area contributed by atoms with Crippen molar-refractivity contribution in [1.29, 1.82) is 0 Å². The average Bonchev–Trinajstić information content (AvgIpc) is 3.49. The second-order valence-electron chi connectivity index (χ2n) is 14.0. The molecule has 4 rings (SSSR count). The number of hydrogen-bond acceptors (Lipinski definition) is 8. The molecule has 0 aromatic carbocycles. The minimum atomic E-state index is -2.36. The minimum Gasteiger partial charge on any atom is -0.408 e. The molecule has 0 saturated carbocycles. The Labute approximate surface area is 237 Å². The van der Waals surface area contributed by atoms with E-state index in [0.717, 1.165) is 0 Å². The Morgan fingerprint density at radius 3 is 2.10 bits per heavy atom. The van der Waals surface area contributed by atoms with E-state index in [1.54, 1.807) is 29.4 Å². The lowest BCUT2D eigenvalue weighted by atomic mass is 10.1. The summed E-state index contributed by atoms with van der Waals surface area (Å²) >= 11 is 0. The van der Waals surface area contributed by atoms with Crippen LogP contribution in [0.4, 0.5) is 0 Å². The molecule has 1 aliphatic rings. The zero-order valence-electron chi connectivity index (χ0n) is 25.9. The second kappa shape index (κ2) is 9.98. The van der Waals surface area contributed by atoms with Crippen LogP contribution < -0.4 is 5.56 Å². The SMILES string of the molecule is Cc1nc2n(C)c3c(ncn3[C@@H]3O[C@H](CO)[C@@H](O[Si](C)(C)C(C)(C)C)[C@H]3O[Si](C)(C)C(C)(C)C)c(=O)n2c1C=O. The van der Waals surface area contributed by atoms with E-state index < -0.39 is 46.7 Å². The predicted octanol–water partition coefficient (Wildman–Crippen LogP) is 4.17. The smallest absolute Gasteiger partial charge is 0.287 e. The van der Waals surface area contributed by atoms with Crippen LogP contribution in [0.1, 0.15) is 64.0 Å². The molecule has 1 N–H and O–H groups in total. The molecule has 13 heteroatoms. The lowest BCUT2D eigenvalue weighted by Crippen LogP contribution is -2.53. The first-order valence-electron chi connectivity index (χ1n) is 13.8. The van der Waals surface area contributed by atoms with Gasteiger partial charge in [-0.2, -0.15) is 0 Å². The van der Waals surface area contributed by atoms with E-state index in [9.17, 15) is 14.7 Å². The van der Waals surface area contributed by atoms with Gasteiger partial charge in [-0.15, -0.1) is 0 Å². The van der Waals surface area contributed by atoms with Gasteiger partial charge < -0.3 is 18.7 Å². The van der Waals surface area contributed by atoms with Crippen LogP contribution in [-0.2, 0) is 20.6 Å². The number of nitrogens with zero attached hydrogens (tertiary/aromatic N) is 5. The molecule has 3 aromatic rings. The number of imidazole rings is 2. The van der Waals surface area contributed by atoms with E-state index in [0.29, 0.717) is 23.4 Å². The van der Waals surface area contributed by atoms with Crippen molar-refractivity contribution >= 4 is 39.9 Å². The summed E-state index contributed by atoms with van der Waals surface area (Å²) in [6.45, 7) is 23.2. The first-order chi connectivity index (χ1) is 18.3. The van der Waals surface area contributed by atoms with Crippen molar-refractivity contribution < 1.29 is 23.5 Å². The molecule has 0 aliphatic carbocycles. The highest BCUT2D eigenvalue weighted by molar-refractivity contribution is 6.74. The molecule has 222 valence electrons. The van der Waals surface area contributed by atoms with Crippen molar-refractivity contribution in [3.8, 4) is 0 Å². The average molecular weight is 592 g/mol. The predicted molar refractivity (Wildman–Crippen MR) is 159 cm³/mol. The van der Waals surface area contributed by atoms with Crippen LogP contribution in [0, 0.1) is 6.92 Å². The highest BCUT2D eigenvalue weighted by Crippen LogP contribution is 2.46. The fourth-order valence-corrected chi connectivity index (χ4v) is 7.30. The Balaban J connectivity index is 1.94. The largest absolute Gasteiger partial charge is 0.408 e. The van der Waals surface area contributed by atoms with Crippen LogP contribution in [0.5, 0.6) is 0 Å². The first-order valence-corrected chi connectivity index (χ1v) is 19.6. The van der Waals surface area contributed by atoms with E-state index in [1.807, 2.05) is 0 Å². The van der Waals surface area contributed by atoms with Crippen molar-refractivity contribution in [3.63, 3.8) is 0 Å². The normalized spacial score (nSPS) is 23.0. The summed E-state index contributed by atoms with van der Waals surface area (Å²) in [5.74, 6) is 0.325. The topological polar surface area (TPSA) is 122 Å². The van der Waals surface area contributed by atoms with Crippen LogP contribution in [-0.4, -0.2) is 76.4 Å². The number of aryl methyl sites for hydroxylation is 2. The zero-order valence-corrected chi connectivity index (χ0v) is 27.9. The van der Waals surface area contributed by atoms with Gasteiger partial charge in [-0.05, 0) is 43.2 Å². The molecule has 40 heavy (non-hydrogen) atoms. The Hall–Kier alpha value is -2.17. The van der Waals surface area contributed by atoms with Crippen LogP contribution in [0.25, 0.3) is 16.9 Å². The summed E-state index contributed by atoms with van der Waals surface area (Å²) < 4.78 is 25.3. The number of aromatic nitrogens is 5. The Morgan fingerprint density at radius 2 is 1.60 bits per heavy atom. The molecule has 0 radical (unpaired) electrons. The van der Waals surface area contributed by atoms with Crippen molar-refractivity contribution in [2.75, 3.05) is 6.61 Å². The summed E-state index contributed by atoms with van der Waals surface area (Å²) in [4.78, 5) is 34.3. The number of aldehydes is 1. The van der Waals surface area contributed by atoms with Crippen LogP contribution in [0.2, 0.25) is 36.3 Å². The number of ether oxygens (including phenoxy) is 1. The fraction of sp³-hybridized carbons (Fsp3) is 0.704. The van der Waals surface area contributed by atoms with E-state index >= 15 is 0 Å². The molecule has 4 heterocycles.